The molecule has 1 atom stereocenters. The third-order valence-electron chi connectivity index (χ3n) is 4.49. The van der Waals surface area contributed by atoms with Crippen molar-refractivity contribution >= 4 is 44.9 Å². The van der Waals surface area contributed by atoms with E-state index in [1.807, 2.05) is 51.1 Å². The first-order valence-electron chi connectivity index (χ1n) is 9.31. The molecule has 0 aliphatic heterocycles. The number of aromatic nitrogens is 2. The average Bonchev–Trinajstić information content (AvgIpc) is 2.93. The number of aryl methyl sites for hydroxylation is 2. The molecule has 3 aromatic rings. The summed E-state index contributed by atoms with van der Waals surface area (Å²) in [4.78, 5) is 32.4. The number of para-hydroxylation sites is 1. The Morgan fingerprint density at radius 2 is 1.89 bits per heavy atom. The highest BCUT2D eigenvalue weighted by Crippen LogP contribution is 2.30. The fraction of sp³-hybridized carbons (Fsp3) is 0.381. The van der Waals surface area contributed by atoms with Gasteiger partial charge in [0.05, 0.1) is 10.6 Å². The lowest BCUT2D eigenvalue weighted by molar-refractivity contribution is -0.115. The molecule has 1 aromatic carbocycles. The summed E-state index contributed by atoms with van der Waals surface area (Å²) in [6, 6.07) is 9.37. The Morgan fingerprint density at radius 1 is 1.21 bits per heavy atom. The first-order valence-corrected chi connectivity index (χ1v) is 11.0. The fourth-order valence-electron chi connectivity index (χ4n) is 2.90. The summed E-state index contributed by atoms with van der Waals surface area (Å²) >= 11 is 2.86. The van der Waals surface area contributed by atoms with Crippen LogP contribution in [0, 0.1) is 19.8 Å². The summed E-state index contributed by atoms with van der Waals surface area (Å²) in [7, 11) is 0. The van der Waals surface area contributed by atoms with Gasteiger partial charge in [0, 0.05) is 17.1 Å². The van der Waals surface area contributed by atoms with Crippen LogP contribution in [-0.2, 0) is 11.3 Å². The van der Waals surface area contributed by atoms with Crippen LogP contribution in [0.15, 0.2) is 40.3 Å². The van der Waals surface area contributed by atoms with Crippen LogP contribution in [0.4, 0.5) is 5.69 Å². The van der Waals surface area contributed by atoms with Gasteiger partial charge in [-0.25, -0.2) is 4.98 Å². The first kappa shape index (κ1) is 20.6. The summed E-state index contributed by atoms with van der Waals surface area (Å²) in [6.45, 7) is 10.5. The van der Waals surface area contributed by atoms with Gasteiger partial charge in [0.25, 0.3) is 5.56 Å². The van der Waals surface area contributed by atoms with Gasteiger partial charge in [-0.3, -0.25) is 14.2 Å². The summed E-state index contributed by atoms with van der Waals surface area (Å²) in [5.41, 5.74) is 1.74. The molecule has 3 rings (SSSR count). The molecule has 0 saturated heterocycles. The molecule has 1 N–H and O–H groups in total. The van der Waals surface area contributed by atoms with Crippen LogP contribution >= 0.6 is 23.1 Å². The van der Waals surface area contributed by atoms with E-state index in [4.69, 9.17) is 4.98 Å². The number of benzene rings is 1. The normalized spacial score (nSPS) is 12.5. The van der Waals surface area contributed by atoms with Gasteiger partial charge in [0.15, 0.2) is 5.16 Å². The van der Waals surface area contributed by atoms with Gasteiger partial charge < -0.3 is 5.32 Å². The molecule has 1 amide bonds. The highest BCUT2D eigenvalue weighted by molar-refractivity contribution is 8.00. The molecule has 5 nitrogen and oxygen atoms in total. The molecular weight excluding hydrogens is 390 g/mol. The largest absolute Gasteiger partial charge is 0.325 e. The van der Waals surface area contributed by atoms with Gasteiger partial charge in [-0.2, -0.15) is 0 Å². The second kappa shape index (κ2) is 8.49. The maximum Gasteiger partial charge on any atom is 0.263 e. The van der Waals surface area contributed by atoms with Gasteiger partial charge in [-0.15, -0.1) is 11.3 Å². The number of thioether (sulfide) groups is 1. The molecule has 0 radical (unpaired) electrons. The van der Waals surface area contributed by atoms with Crippen LogP contribution in [0.3, 0.4) is 0 Å². The van der Waals surface area contributed by atoms with E-state index in [1.165, 1.54) is 23.1 Å². The quantitative estimate of drug-likeness (QED) is 0.462. The van der Waals surface area contributed by atoms with Gasteiger partial charge >= 0.3 is 0 Å². The molecule has 0 spiro atoms. The lowest BCUT2D eigenvalue weighted by Crippen LogP contribution is -2.28. The molecule has 148 valence electrons. The molecule has 7 heteroatoms. The van der Waals surface area contributed by atoms with E-state index in [-0.39, 0.29) is 16.7 Å². The molecular formula is C21H25N3O2S2. The number of nitrogens with one attached hydrogen (secondary N) is 1. The molecule has 0 unspecified atom stereocenters. The highest BCUT2D eigenvalue weighted by atomic mass is 32.2. The Morgan fingerprint density at radius 3 is 2.54 bits per heavy atom. The number of hydrogen-bond acceptors (Lipinski definition) is 5. The Bertz CT molecular complexity index is 1050. The third kappa shape index (κ3) is 4.31. The van der Waals surface area contributed by atoms with Crippen molar-refractivity contribution in [3.63, 3.8) is 0 Å². The van der Waals surface area contributed by atoms with Crippen molar-refractivity contribution in [1.29, 1.82) is 0 Å². The Labute approximate surface area is 173 Å². The topological polar surface area (TPSA) is 64.0 Å². The number of nitrogens with zero attached hydrogens (tertiary/aromatic N) is 2. The molecule has 2 aromatic heterocycles. The van der Waals surface area contributed by atoms with E-state index >= 15 is 0 Å². The van der Waals surface area contributed by atoms with Crippen molar-refractivity contribution in [3.05, 3.63) is 51.1 Å². The van der Waals surface area contributed by atoms with Crippen molar-refractivity contribution in [1.82, 2.24) is 9.55 Å². The molecule has 0 fully saturated rings. The first-order chi connectivity index (χ1) is 13.3. The summed E-state index contributed by atoms with van der Waals surface area (Å²) in [6.07, 6.45) is 0. The lowest BCUT2D eigenvalue weighted by Gasteiger charge is -2.17. The monoisotopic (exact) mass is 415 g/mol. The number of amides is 1. The van der Waals surface area contributed by atoms with Gasteiger partial charge in [0.1, 0.15) is 4.83 Å². The summed E-state index contributed by atoms with van der Waals surface area (Å²) in [5, 5.41) is 3.83. The number of anilines is 1. The van der Waals surface area contributed by atoms with E-state index in [0.717, 1.165) is 21.0 Å². The van der Waals surface area contributed by atoms with Crippen molar-refractivity contribution < 1.29 is 4.79 Å². The number of thiophene rings is 1. The van der Waals surface area contributed by atoms with Crippen molar-refractivity contribution in [2.24, 2.45) is 5.92 Å². The molecule has 2 heterocycles. The average molecular weight is 416 g/mol. The van der Waals surface area contributed by atoms with Crippen LogP contribution in [0.2, 0.25) is 0 Å². The third-order valence-corrected chi connectivity index (χ3v) is 6.69. The van der Waals surface area contributed by atoms with Gasteiger partial charge in [0.2, 0.25) is 5.91 Å². The highest BCUT2D eigenvalue weighted by Gasteiger charge is 2.22. The van der Waals surface area contributed by atoms with E-state index in [2.05, 4.69) is 19.2 Å². The standard InChI is InChI=1S/C21H25N3O2S2/c1-12(2)11-24-20(26)17-13(3)14(4)27-19(17)23-21(24)28-15(5)18(25)22-16-9-7-6-8-10-16/h6-10,12,15H,11H2,1-5H3,(H,22,25)/t15-/m1/s1. The number of fused-ring (bicyclic) bond motifs is 1. The second-order valence-electron chi connectivity index (χ2n) is 7.28. The van der Waals surface area contributed by atoms with E-state index in [1.54, 1.807) is 4.57 Å². The molecule has 0 bridgehead atoms. The van der Waals surface area contributed by atoms with Crippen LogP contribution in [-0.4, -0.2) is 20.7 Å². The number of rotatable bonds is 6. The smallest absolute Gasteiger partial charge is 0.263 e. The lowest BCUT2D eigenvalue weighted by atomic mass is 10.2. The van der Waals surface area contributed by atoms with Gasteiger partial charge in [-0.05, 0) is 44.4 Å². The van der Waals surface area contributed by atoms with E-state index in [9.17, 15) is 9.59 Å². The summed E-state index contributed by atoms with van der Waals surface area (Å²) < 4.78 is 1.73. The zero-order valence-corrected chi connectivity index (χ0v) is 18.4. The Balaban J connectivity index is 1.94. The number of carbonyl (C=O) groups excluding carboxylic acids is 1. The van der Waals surface area contributed by atoms with Crippen molar-refractivity contribution in [2.45, 2.75) is 51.6 Å². The van der Waals surface area contributed by atoms with Crippen molar-refractivity contribution in [3.8, 4) is 0 Å². The molecule has 0 saturated carbocycles. The fourth-order valence-corrected chi connectivity index (χ4v) is 4.89. The zero-order chi connectivity index (χ0) is 20.4. The number of carbonyl (C=O) groups is 1. The minimum absolute atomic E-state index is 0.0151. The summed E-state index contributed by atoms with van der Waals surface area (Å²) in [5.74, 6) is 0.185. The van der Waals surface area contributed by atoms with Crippen LogP contribution in [0.1, 0.15) is 31.2 Å². The second-order valence-corrected chi connectivity index (χ2v) is 9.79. The Kier molecular flexibility index (Phi) is 6.25. The molecule has 0 aliphatic rings. The van der Waals surface area contributed by atoms with Gasteiger partial charge in [-0.1, -0.05) is 43.8 Å². The maximum absolute atomic E-state index is 13.2. The number of hydrogen-bond donors (Lipinski definition) is 1. The van der Waals surface area contributed by atoms with E-state index in [0.29, 0.717) is 23.0 Å². The molecule has 0 aliphatic carbocycles. The van der Waals surface area contributed by atoms with E-state index < -0.39 is 0 Å². The minimum atomic E-state index is -0.384. The van der Waals surface area contributed by atoms with Crippen LogP contribution in [0.5, 0.6) is 0 Å². The zero-order valence-electron chi connectivity index (χ0n) is 16.8. The Hall–Kier alpha value is -2.12. The SMILES string of the molecule is Cc1sc2nc(S[C@H](C)C(=O)Nc3ccccc3)n(CC(C)C)c(=O)c2c1C. The minimum Gasteiger partial charge on any atom is -0.325 e. The van der Waals surface area contributed by atoms with Crippen LogP contribution < -0.4 is 10.9 Å². The predicted molar refractivity (Wildman–Crippen MR) is 119 cm³/mol. The maximum atomic E-state index is 13.2. The van der Waals surface area contributed by atoms with Crippen molar-refractivity contribution in [2.75, 3.05) is 5.32 Å². The predicted octanol–water partition coefficient (Wildman–Crippen LogP) is 4.85. The molecule has 28 heavy (non-hydrogen) atoms. The van der Waals surface area contributed by atoms with Crippen LogP contribution in [0.25, 0.3) is 10.2 Å².